The van der Waals surface area contributed by atoms with Gasteiger partial charge in [0.05, 0.1) is 6.54 Å². The highest BCUT2D eigenvalue weighted by molar-refractivity contribution is 6.04. The average molecular weight is 233 g/mol. The van der Waals surface area contributed by atoms with Gasteiger partial charge in [0, 0.05) is 25.5 Å². The molecule has 17 heavy (non-hydrogen) atoms. The standard InChI is InChI=1S/C12H15N3O2/c1-14(2)9-4-3-5-10(6-9)15-8-11(16)13-7-12(15)17/h3-6H,7-8H2,1-2H3,(H,13,16). The summed E-state index contributed by atoms with van der Waals surface area (Å²) in [4.78, 5) is 26.5. The quantitative estimate of drug-likeness (QED) is 0.794. The minimum atomic E-state index is -0.125. The van der Waals surface area contributed by atoms with Gasteiger partial charge in [-0.1, -0.05) is 6.07 Å². The Kier molecular flexibility index (Phi) is 2.99. The number of carbonyl (C=O) groups is 2. The number of amides is 2. The molecule has 1 aliphatic heterocycles. The van der Waals surface area contributed by atoms with Gasteiger partial charge in [0.1, 0.15) is 6.54 Å². The van der Waals surface area contributed by atoms with E-state index < -0.39 is 0 Å². The SMILES string of the molecule is CN(C)c1cccc(N2CC(=O)NCC2=O)c1. The normalized spacial score (nSPS) is 15.8. The Labute approximate surface area is 100 Å². The predicted octanol–water partition coefficient (Wildman–Crippen LogP) is 0.215. The molecule has 2 rings (SSSR count). The van der Waals surface area contributed by atoms with Crippen LogP contribution < -0.4 is 15.1 Å². The first-order chi connectivity index (χ1) is 8.08. The molecule has 1 fully saturated rings. The van der Waals surface area contributed by atoms with Crippen molar-refractivity contribution >= 4 is 23.2 Å². The summed E-state index contributed by atoms with van der Waals surface area (Å²) in [5, 5.41) is 2.53. The van der Waals surface area contributed by atoms with Gasteiger partial charge < -0.3 is 15.1 Å². The van der Waals surface area contributed by atoms with Crippen LogP contribution in [0, 0.1) is 0 Å². The molecule has 1 aromatic carbocycles. The summed E-state index contributed by atoms with van der Waals surface area (Å²) in [5.41, 5.74) is 1.76. The van der Waals surface area contributed by atoms with E-state index in [-0.39, 0.29) is 24.9 Å². The molecule has 90 valence electrons. The molecule has 0 atom stereocenters. The van der Waals surface area contributed by atoms with Crippen LogP contribution in [0.5, 0.6) is 0 Å². The van der Waals surface area contributed by atoms with Crippen molar-refractivity contribution in [2.45, 2.75) is 0 Å². The molecular weight excluding hydrogens is 218 g/mol. The molecule has 1 aromatic rings. The third-order valence-corrected chi connectivity index (χ3v) is 2.70. The number of benzene rings is 1. The predicted molar refractivity (Wildman–Crippen MR) is 66.1 cm³/mol. The molecule has 1 N–H and O–H groups in total. The van der Waals surface area contributed by atoms with Gasteiger partial charge in [0.2, 0.25) is 11.8 Å². The zero-order valence-corrected chi connectivity index (χ0v) is 9.93. The molecule has 0 saturated carbocycles. The van der Waals surface area contributed by atoms with Gasteiger partial charge in [-0.25, -0.2) is 0 Å². The fourth-order valence-corrected chi connectivity index (χ4v) is 1.73. The van der Waals surface area contributed by atoms with Crippen LogP contribution in [0.4, 0.5) is 11.4 Å². The lowest BCUT2D eigenvalue weighted by Crippen LogP contribution is -2.51. The van der Waals surface area contributed by atoms with Gasteiger partial charge in [-0.05, 0) is 18.2 Å². The van der Waals surface area contributed by atoms with E-state index in [9.17, 15) is 9.59 Å². The van der Waals surface area contributed by atoms with Crippen LogP contribution >= 0.6 is 0 Å². The molecule has 1 aliphatic rings. The summed E-state index contributed by atoms with van der Waals surface area (Å²) in [5.74, 6) is -0.208. The molecule has 0 radical (unpaired) electrons. The minimum absolute atomic E-state index is 0.0744. The van der Waals surface area contributed by atoms with E-state index in [1.807, 2.05) is 43.3 Å². The van der Waals surface area contributed by atoms with Crippen molar-refractivity contribution in [1.82, 2.24) is 5.32 Å². The molecule has 0 spiro atoms. The van der Waals surface area contributed by atoms with Crippen molar-refractivity contribution in [2.75, 3.05) is 37.0 Å². The van der Waals surface area contributed by atoms with Crippen LogP contribution in [0.1, 0.15) is 0 Å². The monoisotopic (exact) mass is 233 g/mol. The van der Waals surface area contributed by atoms with Gasteiger partial charge in [-0.15, -0.1) is 0 Å². The molecule has 5 heteroatoms. The third-order valence-electron chi connectivity index (χ3n) is 2.70. The van der Waals surface area contributed by atoms with E-state index in [4.69, 9.17) is 0 Å². The maximum absolute atomic E-state index is 11.7. The van der Waals surface area contributed by atoms with Gasteiger partial charge in [0.15, 0.2) is 0 Å². The van der Waals surface area contributed by atoms with Crippen molar-refractivity contribution in [1.29, 1.82) is 0 Å². The zero-order chi connectivity index (χ0) is 12.4. The summed E-state index contributed by atoms with van der Waals surface area (Å²) in [6.07, 6.45) is 0. The van der Waals surface area contributed by atoms with Crippen LogP contribution in [0.3, 0.4) is 0 Å². The fraction of sp³-hybridized carbons (Fsp3) is 0.333. The van der Waals surface area contributed by atoms with Gasteiger partial charge in [-0.3, -0.25) is 9.59 Å². The second-order valence-corrected chi connectivity index (χ2v) is 4.17. The molecule has 2 amide bonds. The largest absolute Gasteiger partial charge is 0.378 e. The second kappa shape index (κ2) is 4.45. The van der Waals surface area contributed by atoms with Crippen LogP contribution in [0.2, 0.25) is 0 Å². The molecule has 0 aliphatic carbocycles. The van der Waals surface area contributed by atoms with E-state index in [0.29, 0.717) is 0 Å². The number of carbonyl (C=O) groups excluding carboxylic acids is 2. The maximum atomic E-state index is 11.7. The lowest BCUT2D eigenvalue weighted by molar-refractivity contribution is -0.128. The Morgan fingerprint density at radius 2 is 2.06 bits per heavy atom. The molecule has 0 bridgehead atoms. The Bertz CT molecular complexity index is 457. The summed E-state index contributed by atoms with van der Waals surface area (Å²) in [6, 6.07) is 7.57. The summed E-state index contributed by atoms with van der Waals surface area (Å²) < 4.78 is 0. The number of rotatable bonds is 2. The summed E-state index contributed by atoms with van der Waals surface area (Å²) in [6.45, 7) is 0.167. The number of nitrogens with one attached hydrogen (secondary N) is 1. The van der Waals surface area contributed by atoms with E-state index in [2.05, 4.69) is 5.32 Å². The lowest BCUT2D eigenvalue weighted by atomic mass is 10.2. The summed E-state index contributed by atoms with van der Waals surface area (Å²) in [7, 11) is 3.87. The Balaban J connectivity index is 2.29. The van der Waals surface area contributed by atoms with Crippen molar-refractivity contribution in [3.8, 4) is 0 Å². The van der Waals surface area contributed by atoms with Crippen LogP contribution in [0.15, 0.2) is 24.3 Å². The number of hydrogen-bond acceptors (Lipinski definition) is 3. The van der Waals surface area contributed by atoms with E-state index in [1.54, 1.807) is 0 Å². The Morgan fingerprint density at radius 1 is 1.29 bits per heavy atom. The van der Waals surface area contributed by atoms with Crippen LogP contribution in [-0.2, 0) is 9.59 Å². The highest BCUT2D eigenvalue weighted by Gasteiger charge is 2.24. The number of piperazine rings is 1. The van der Waals surface area contributed by atoms with Gasteiger partial charge in [-0.2, -0.15) is 0 Å². The fourth-order valence-electron chi connectivity index (χ4n) is 1.73. The Hall–Kier alpha value is -2.04. The van der Waals surface area contributed by atoms with Crippen molar-refractivity contribution in [2.24, 2.45) is 0 Å². The molecule has 5 nitrogen and oxygen atoms in total. The first-order valence-electron chi connectivity index (χ1n) is 5.42. The van der Waals surface area contributed by atoms with E-state index in [1.165, 1.54) is 4.90 Å². The van der Waals surface area contributed by atoms with Crippen molar-refractivity contribution in [3.63, 3.8) is 0 Å². The number of nitrogens with zero attached hydrogens (tertiary/aromatic N) is 2. The van der Waals surface area contributed by atoms with Crippen molar-refractivity contribution in [3.05, 3.63) is 24.3 Å². The molecule has 0 aromatic heterocycles. The van der Waals surface area contributed by atoms with Gasteiger partial charge in [0.25, 0.3) is 0 Å². The second-order valence-electron chi connectivity index (χ2n) is 4.17. The minimum Gasteiger partial charge on any atom is -0.378 e. The number of anilines is 2. The first-order valence-corrected chi connectivity index (χ1v) is 5.42. The molecule has 1 saturated heterocycles. The van der Waals surface area contributed by atoms with Crippen molar-refractivity contribution < 1.29 is 9.59 Å². The van der Waals surface area contributed by atoms with Crippen LogP contribution in [-0.4, -0.2) is 39.0 Å². The highest BCUT2D eigenvalue weighted by Crippen LogP contribution is 2.21. The van der Waals surface area contributed by atoms with Gasteiger partial charge >= 0.3 is 0 Å². The maximum Gasteiger partial charge on any atom is 0.246 e. The lowest BCUT2D eigenvalue weighted by Gasteiger charge is -2.27. The third kappa shape index (κ3) is 2.38. The first kappa shape index (κ1) is 11.4. The molecule has 1 heterocycles. The molecular formula is C12H15N3O2. The summed E-state index contributed by atoms with van der Waals surface area (Å²) >= 11 is 0. The molecule has 0 unspecified atom stereocenters. The average Bonchev–Trinajstić information content (AvgIpc) is 2.32. The highest BCUT2D eigenvalue weighted by atomic mass is 16.2. The van der Waals surface area contributed by atoms with E-state index >= 15 is 0 Å². The Morgan fingerprint density at radius 3 is 2.76 bits per heavy atom. The zero-order valence-electron chi connectivity index (χ0n) is 9.93. The van der Waals surface area contributed by atoms with Crippen LogP contribution in [0.25, 0.3) is 0 Å². The number of hydrogen-bond donors (Lipinski definition) is 1. The smallest absolute Gasteiger partial charge is 0.246 e. The van der Waals surface area contributed by atoms with E-state index in [0.717, 1.165) is 11.4 Å². The topological polar surface area (TPSA) is 52.6 Å².